The highest BCUT2D eigenvalue weighted by Crippen LogP contribution is 2.33. The lowest BCUT2D eigenvalue weighted by Gasteiger charge is -2.13. The fourth-order valence-corrected chi connectivity index (χ4v) is 7.94. The number of nitrogens with zero attached hydrogens (tertiary/aromatic N) is 1. The smallest absolute Gasteiger partial charge is 0.0792 e. The third-order valence-corrected chi connectivity index (χ3v) is 11.0. The maximum Gasteiger partial charge on any atom is 0.0792 e. The van der Waals surface area contributed by atoms with Crippen LogP contribution in [0.25, 0.3) is 21.8 Å². The Balaban J connectivity index is 1.33. The van der Waals surface area contributed by atoms with Crippen molar-refractivity contribution in [3.63, 3.8) is 0 Å². The number of hydrogen-bond acceptors (Lipinski definition) is 1. The van der Waals surface area contributed by atoms with Crippen LogP contribution in [-0.2, 0) is 12.8 Å². The molecule has 0 bridgehead atoms. The van der Waals surface area contributed by atoms with Gasteiger partial charge in [0.1, 0.15) is 0 Å². The summed E-state index contributed by atoms with van der Waals surface area (Å²) in [6.07, 6.45) is 41.9. The molecule has 2 aromatic carbocycles. The Kier molecular flexibility index (Phi) is 22.1. The minimum absolute atomic E-state index is 0.0300. The van der Waals surface area contributed by atoms with Gasteiger partial charge >= 0.3 is 0 Å². The molecule has 0 aliphatic carbocycles. The summed E-state index contributed by atoms with van der Waals surface area (Å²) in [4.78, 5) is 0. The van der Waals surface area contributed by atoms with E-state index in [-0.39, 0.29) is 6.17 Å². The first-order chi connectivity index (χ1) is 23.7. The highest BCUT2D eigenvalue weighted by atomic mass is 15.1. The van der Waals surface area contributed by atoms with Crippen LogP contribution >= 0.6 is 0 Å². The summed E-state index contributed by atoms with van der Waals surface area (Å²) in [5, 5.41) is 2.71. The Morgan fingerprint density at radius 1 is 0.417 bits per heavy atom. The molecule has 1 unspecified atom stereocenters. The van der Waals surface area contributed by atoms with Crippen LogP contribution in [0.2, 0.25) is 0 Å². The maximum atomic E-state index is 6.62. The van der Waals surface area contributed by atoms with Crippen molar-refractivity contribution in [3.05, 3.63) is 47.5 Å². The molecule has 0 aliphatic rings. The second-order valence-electron chi connectivity index (χ2n) is 15.5. The summed E-state index contributed by atoms with van der Waals surface area (Å²) in [5.74, 6) is 0. The lowest BCUT2D eigenvalue weighted by molar-refractivity contribution is 0.535. The van der Waals surface area contributed by atoms with Gasteiger partial charge in [0, 0.05) is 10.8 Å². The molecule has 1 heterocycles. The van der Waals surface area contributed by atoms with E-state index in [0.717, 1.165) is 0 Å². The van der Waals surface area contributed by atoms with Crippen molar-refractivity contribution in [2.45, 2.75) is 220 Å². The molecule has 1 aromatic heterocycles. The fourth-order valence-electron chi connectivity index (χ4n) is 7.94. The van der Waals surface area contributed by atoms with Crippen molar-refractivity contribution in [2.24, 2.45) is 5.73 Å². The molecule has 0 amide bonds. The average molecular weight is 659 g/mol. The molecular formula is C46H78N2. The first-order valence-corrected chi connectivity index (χ1v) is 21.5. The van der Waals surface area contributed by atoms with E-state index in [1.165, 1.54) is 226 Å². The number of rotatable bonds is 31. The molecule has 0 saturated heterocycles. The first-order valence-electron chi connectivity index (χ1n) is 21.5. The monoisotopic (exact) mass is 659 g/mol. The summed E-state index contributed by atoms with van der Waals surface area (Å²) >= 11 is 0. The minimum atomic E-state index is -0.0300. The van der Waals surface area contributed by atoms with Gasteiger partial charge in [0.05, 0.1) is 17.2 Å². The maximum absolute atomic E-state index is 6.62. The zero-order chi connectivity index (χ0) is 34.1. The number of nitrogens with two attached hydrogens (primary N) is 1. The summed E-state index contributed by atoms with van der Waals surface area (Å²) in [6.45, 7) is 6.74. The topological polar surface area (TPSA) is 30.9 Å². The van der Waals surface area contributed by atoms with Gasteiger partial charge in [-0.15, -0.1) is 0 Å². The second kappa shape index (κ2) is 26.1. The van der Waals surface area contributed by atoms with Gasteiger partial charge in [-0.2, -0.15) is 0 Å². The summed E-state index contributed by atoms with van der Waals surface area (Å²) in [7, 11) is 0. The van der Waals surface area contributed by atoms with Crippen LogP contribution in [0.15, 0.2) is 36.4 Å². The van der Waals surface area contributed by atoms with Crippen LogP contribution in [0.1, 0.15) is 218 Å². The molecule has 0 aliphatic heterocycles. The molecule has 0 fully saturated rings. The predicted octanol–water partition coefficient (Wildman–Crippen LogP) is 15.3. The van der Waals surface area contributed by atoms with Gasteiger partial charge in [-0.3, -0.25) is 0 Å². The van der Waals surface area contributed by atoms with Crippen LogP contribution in [-0.4, -0.2) is 4.57 Å². The third-order valence-electron chi connectivity index (χ3n) is 11.0. The molecular weight excluding hydrogens is 581 g/mol. The van der Waals surface area contributed by atoms with Crippen LogP contribution < -0.4 is 5.73 Å². The van der Waals surface area contributed by atoms with Gasteiger partial charge in [-0.25, -0.2) is 0 Å². The van der Waals surface area contributed by atoms with Crippen molar-refractivity contribution >= 4 is 21.8 Å². The molecule has 3 rings (SSSR count). The normalized spacial score (nSPS) is 12.5. The van der Waals surface area contributed by atoms with E-state index in [1.54, 1.807) is 0 Å². The number of aryl methyl sites for hydroxylation is 2. The number of benzene rings is 2. The summed E-state index contributed by atoms with van der Waals surface area (Å²) in [6, 6.07) is 14.4. The van der Waals surface area contributed by atoms with Gasteiger partial charge in [0.2, 0.25) is 0 Å². The predicted molar refractivity (Wildman–Crippen MR) is 216 cm³/mol. The molecule has 2 nitrogen and oxygen atoms in total. The largest absolute Gasteiger partial charge is 0.325 e. The first kappa shape index (κ1) is 40.6. The fraction of sp³-hybridized carbons (Fsp3) is 0.739. The molecule has 2 N–H and O–H groups in total. The van der Waals surface area contributed by atoms with Crippen LogP contribution in [0.4, 0.5) is 0 Å². The number of unbranched alkanes of at least 4 members (excludes halogenated alkanes) is 26. The van der Waals surface area contributed by atoms with E-state index in [0.29, 0.717) is 0 Å². The number of hydrogen-bond donors (Lipinski definition) is 1. The van der Waals surface area contributed by atoms with E-state index in [1.807, 2.05) is 0 Å². The van der Waals surface area contributed by atoms with E-state index >= 15 is 0 Å². The van der Waals surface area contributed by atoms with Crippen LogP contribution in [0.3, 0.4) is 0 Å². The van der Waals surface area contributed by atoms with E-state index in [2.05, 4.69) is 61.7 Å². The van der Waals surface area contributed by atoms with Gasteiger partial charge in [-0.1, -0.05) is 205 Å². The van der Waals surface area contributed by atoms with Crippen molar-refractivity contribution in [3.8, 4) is 0 Å². The zero-order valence-electron chi connectivity index (χ0n) is 32.3. The highest BCUT2D eigenvalue weighted by Gasteiger charge is 2.14. The number of fused-ring (bicyclic) bond motifs is 3. The third kappa shape index (κ3) is 15.8. The van der Waals surface area contributed by atoms with E-state index < -0.39 is 0 Å². The SMILES string of the molecule is CCCCCCCCCCCCCCCCc1ccc2c3ccc(CCCCCCCCCCCCCCCC)cc3n(C(C)N)c2c1. The van der Waals surface area contributed by atoms with Crippen molar-refractivity contribution in [1.29, 1.82) is 0 Å². The lowest BCUT2D eigenvalue weighted by Crippen LogP contribution is -2.14. The van der Waals surface area contributed by atoms with Crippen LogP contribution in [0, 0.1) is 0 Å². The van der Waals surface area contributed by atoms with E-state index in [9.17, 15) is 0 Å². The quantitative estimate of drug-likeness (QED) is 0.0685. The Morgan fingerprint density at radius 3 is 0.958 bits per heavy atom. The molecule has 3 aromatic rings. The van der Waals surface area contributed by atoms with Crippen molar-refractivity contribution < 1.29 is 0 Å². The minimum Gasteiger partial charge on any atom is -0.325 e. The lowest BCUT2D eigenvalue weighted by atomic mass is 10.0. The molecule has 48 heavy (non-hydrogen) atoms. The van der Waals surface area contributed by atoms with Gasteiger partial charge in [-0.05, 0) is 55.9 Å². The van der Waals surface area contributed by atoms with Crippen molar-refractivity contribution in [1.82, 2.24) is 4.57 Å². The molecule has 0 radical (unpaired) electrons. The summed E-state index contributed by atoms with van der Waals surface area (Å²) in [5.41, 5.74) is 12.2. The van der Waals surface area contributed by atoms with Gasteiger partial charge in [0.25, 0.3) is 0 Å². The summed E-state index contributed by atoms with van der Waals surface area (Å²) < 4.78 is 2.40. The molecule has 0 saturated carbocycles. The Bertz CT molecular complexity index is 1110. The number of aromatic nitrogens is 1. The zero-order valence-corrected chi connectivity index (χ0v) is 32.3. The van der Waals surface area contributed by atoms with Gasteiger partial charge in [0.15, 0.2) is 0 Å². The highest BCUT2D eigenvalue weighted by molar-refractivity contribution is 6.08. The van der Waals surface area contributed by atoms with E-state index in [4.69, 9.17) is 5.73 Å². The van der Waals surface area contributed by atoms with Crippen LogP contribution in [0.5, 0.6) is 0 Å². The molecule has 1 atom stereocenters. The second-order valence-corrected chi connectivity index (χ2v) is 15.5. The standard InChI is InChI=1S/C46H78N2/c1-4-6-8-10-12-14-16-18-20-22-24-26-28-30-32-41-34-36-43-44-37-35-42(39-46(44)48(40(3)47)45(43)38-41)33-31-29-27-25-23-21-19-17-15-13-11-9-7-5-2/h34-40H,4-33,47H2,1-3H3. The molecule has 0 spiro atoms. The molecule has 2 heteroatoms. The van der Waals surface area contributed by atoms with Gasteiger partial charge < -0.3 is 10.3 Å². The average Bonchev–Trinajstić information content (AvgIpc) is 3.41. The Morgan fingerprint density at radius 2 is 0.688 bits per heavy atom. The molecule has 272 valence electrons. The Labute approximate surface area is 298 Å². The Hall–Kier alpha value is -1.80. The van der Waals surface area contributed by atoms with Crippen molar-refractivity contribution in [2.75, 3.05) is 0 Å².